The summed E-state index contributed by atoms with van der Waals surface area (Å²) in [6, 6.07) is 6.75. The van der Waals surface area contributed by atoms with E-state index in [9.17, 15) is 9.90 Å². The zero-order valence-corrected chi connectivity index (χ0v) is 13.9. The second-order valence-electron chi connectivity index (χ2n) is 5.47. The monoisotopic (exact) mass is 356 g/mol. The average Bonchev–Trinajstić information content (AvgIpc) is 3.00. The third-order valence-electron chi connectivity index (χ3n) is 3.70. The van der Waals surface area contributed by atoms with Gasteiger partial charge in [0, 0.05) is 31.5 Å². The number of amides is 1. The Morgan fingerprint density at radius 3 is 2.83 bits per heavy atom. The van der Waals surface area contributed by atoms with E-state index in [1.165, 1.54) is 0 Å². The lowest BCUT2D eigenvalue weighted by Gasteiger charge is -2.34. The molecule has 1 aliphatic rings. The van der Waals surface area contributed by atoms with Crippen LogP contribution in [-0.4, -0.2) is 50.9 Å². The number of piperidine rings is 1. The van der Waals surface area contributed by atoms with Crippen LogP contribution >= 0.6 is 24.0 Å². The van der Waals surface area contributed by atoms with Crippen LogP contribution in [0.2, 0.25) is 5.02 Å². The van der Waals surface area contributed by atoms with Gasteiger partial charge in [-0.3, -0.25) is 4.79 Å². The van der Waals surface area contributed by atoms with Crippen LogP contribution in [0.1, 0.15) is 16.8 Å². The van der Waals surface area contributed by atoms with Gasteiger partial charge in [0.2, 0.25) is 0 Å². The maximum Gasteiger partial charge on any atom is 0.255 e. The van der Waals surface area contributed by atoms with Gasteiger partial charge in [0.1, 0.15) is 0 Å². The van der Waals surface area contributed by atoms with Crippen molar-refractivity contribution < 1.29 is 9.90 Å². The molecule has 3 N–H and O–H groups in total. The first-order chi connectivity index (χ1) is 10.5. The van der Waals surface area contributed by atoms with Gasteiger partial charge in [-0.1, -0.05) is 11.6 Å². The lowest BCUT2D eigenvalue weighted by Crippen LogP contribution is -2.51. The summed E-state index contributed by atoms with van der Waals surface area (Å²) in [4.78, 5) is 14.2. The zero-order chi connectivity index (χ0) is 15.7. The fourth-order valence-electron chi connectivity index (χ4n) is 2.69. The van der Waals surface area contributed by atoms with E-state index in [0.29, 0.717) is 23.6 Å². The maximum absolute atomic E-state index is 12.7. The van der Waals surface area contributed by atoms with Gasteiger partial charge in [-0.2, -0.15) is 5.10 Å². The standard InChI is InChI=1S/C15H17ClN4O2.ClH/c16-14-3-2-11(20-5-1-4-18-20)7-13(14)15(22)19-8-10(17)6-12(21)9-19;/h1-5,7,10,12,21H,6,8-9,17H2;1H/t10-,12+;/m0./s1. The second kappa shape index (κ2) is 7.31. The number of hydrogen-bond donors (Lipinski definition) is 2. The largest absolute Gasteiger partial charge is 0.391 e. The predicted octanol–water partition coefficient (Wildman–Crippen LogP) is 1.48. The number of nitrogens with two attached hydrogens (primary N) is 1. The molecule has 23 heavy (non-hydrogen) atoms. The Labute approximate surface area is 145 Å². The Balaban J connectivity index is 0.00000192. The second-order valence-corrected chi connectivity index (χ2v) is 5.88. The molecule has 2 heterocycles. The first-order valence-corrected chi connectivity index (χ1v) is 7.45. The van der Waals surface area contributed by atoms with Crippen LogP contribution in [-0.2, 0) is 0 Å². The smallest absolute Gasteiger partial charge is 0.255 e. The number of aliphatic hydroxyl groups excluding tert-OH is 1. The van der Waals surface area contributed by atoms with E-state index in [1.807, 2.05) is 0 Å². The van der Waals surface area contributed by atoms with Crippen molar-refractivity contribution in [3.8, 4) is 5.69 Å². The van der Waals surface area contributed by atoms with Crippen molar-refractivity contribution in [1.82, 2.24) is 14.7 Å². The van der Waals surface area contributed by atoms with Crippen LogP contribution in [0.5, 0.6) is 0 Å². The minimum Gasteiger partial charge on any atom is -0.391 e. The number of β-amino-alcohol motifs (C(OH)–C–C–N with tert-alkyl or cyclic N) is 1. The minimum atomic E-state index is -0.597. The van der Waals surface area contributed by atoms with Gasteiger partial charge in [-0.05, 0) is 30.7 Å². The van der Waals surface area contributed by atoms with E-state index in [2.05, 4.69) is 5.10 Å². The van der Waals surface area contributed by atoms with Crippen molar-refractivity contribution in [2.75, 3.05) is 13.1 Å². The Hall–Kier alpha value is -1.60. The first kappa shape index (κ1) is 17.7. The third-order valence-corrected chi connectivity index (χ3v) is 4.03. The van der Waals surface area contributed by atoms with Gasteiger partial charge in [0.15, 0.2) is 0 Å². The summed E-state index contributed by atoms with van der Waals surface area (Å²) in [6.07, 6.45) is 3.36. The normalized spacial score (nSPS) is 20.9. The SMILES string of the molecule is Cl.N[C@H]1C[C@@H](O)CN(C(=O)c2cc(-n3cccn3)ccc2Cl)C1. The summed E-state index contributed by atoms with van der Waals surface area (Å²) in [6.45, 7) is 0.688. The number of carbonyl (C=O) groups excluding carboxylic acids is 1. The van der Waals surface area contributed by atoms with Crippen molar-refractivity contribution in [2.45, 2.75) is 18.6 Å². The summed E-state index contributed by atoms with van der Waals surface area (Å²) in [5.41, 5.74) is 7.01. The summed E-state index contributed by atoms with van der Waals surface area (Å²) in [7, 11) is 0. The molecule has 0 aliphatic carbocycles. The Morgan fingerprint density at radius 2 is 2.17 bits per heavy atom. The molecule has 2 aromatic rings. The number of halogens is 2. The van der Waals surface area contributed by atoms with Gasteiger partial charge < -0.3 is 15.7 Å². The summed E-state index contributed by atoms with van der Waals surface area (Å²) in [5.74, 6) is -0.229. The first-order valence-electron chi connectivity index (χ1n) is 7.07. The molecular weight excluding hydrogens is 339 g/mol. The predicted molar refractivity (Wildman–Crippen MR) is 90.3 cm³/mol. The number of rotatable bonds is 2. The van der Waals surface area contributed by atoms with E-state index < -0.39 is 6.10 Å². The lowest BCUT2D eigenvalue weighted by atomic mass is 10.0. The molecule has 1 aromatic carbocycles. The molecule has 0 saturated carbocycles. The molecule has 0 spiro atoms. The Bertz CT molecular complexity index is 668. The number of likely N-dealkylation sites (tertiary alicyclic amines) is 1. The number of carbonyl (C=O) groups is 1. The van der Waals surface area contributed by atoms with Crippen molar-refractivity contribution in [2.24, 2.45) is 5.73 Å². The summed E-state index contributed by atoms with van der Waals surface area (Å²) in [5, 5.41) is 14.3. The molecule has 1 aliphatic heterocycles. The molecular formula is C15H18Cl2N4O2. The summed E-state index contributed by atoms with van der Waals surface area (Å²) >= 11 is 6.17. The Morgan fingerprint density at radius 1 is 1.39 bits per heavy atom. The highest BCUT2D eigenvalue weighted by atomic mass is 35.5. The molecule has 0 radical (unpaired) electrons. The highest BCUT2D eigenvalue weighted by molar-refractivity contribution is 6.33. The number of aromatic nitrogens is 2. The quantitative estimate of drug-likeness (QED) is 0.853. The van der Waals surface area contributed by atoms with Crippen LogP contribution in [0, 0.1) is 0 Å². The van der Waals surface area contributed by atoms with Gasteiger partial charge in [0.25, 0.3) is 5.91 Å². The van der Waals surface area contributed by atoms with E-state index in [-0.39, 0.29) is 30.9 Å². The molecule has 124 valence electrons. The average molecular weight is 357 g/mol. The van der Waals surface area contributed by atoms with E-state index in [4.69, 9.17) is 17.3 Å². The number of hydrogen-bond acceptors (Lipinski definition) is 4. The van der Waals surface area contributed by atoms with Crippen LogP contribution in [0.25, 0.3) is 5.69 Å². The van der Waals surface area contributed by atoms with Crippen LogP contribution in [0.15, 0.2) is 36.7 Å². The fraction of sp³-hybridized carbons (Fsp3) is 0.333. The highest BCUT2D eigenvalue weighted by Crippen LogP contribution is 2.23. The molecule has 1 aromatic heterocycles. The van der Waals surface area contributed by atoms with Crippen molar-refractivity contribution in [1.29, 1.82) is 0 Å². The summed E-state index contributed by atoms with van der Waals surface area (Å²) < 4.78 is 1.66. The molecule has 0 unspecified atom stereocenters. The third kappa shape index (κ3) is 3.84. The van der Waals surface area contributed by atoms with Gasteiger partial charge >= 0.3 is 0 Å². The van der Waals surface area contributed by atoms with Crippen LogP contribution < -0.4 is 5.73 Å². The Kier molecular flexibility index (Phi) is 5.64. The minimum absolute atomic E-state index is 0. The molecule has 1 fully saturated rings. The fourth-order valence-corrected chi connectivity index (χ4v) is 2.89. The number of nitrogens with zero attached hydrogens (tertiary/aromatic N) is 3. The van der Waals surface area contributed by atoms with Crippen molar-refractivity contribution in [3.05, 3.63) is 47.2 Å². The van der Waals surface area contributed by atoms with E-state index in [0.717, 1.165) is 5.69 Å². The molecule has 8 heteroatoms. The van der Waals surface area contributed by atoms with Gasteiger partial charge in [-0.25, -0.2) is 4.68 Å². The molecule has 1 amide bonds. The van der Waals surface area contributed by atoms with Crippen LogP contribution in [0.4, 0.5) is 0 Å². The van der Waals surface area contributed by atoms with Crippen molar-refractivity contribution >= 4 is 29.9 Å². The molecule has 1 saturated heterocycles. The molecule has 0 bridgehead atoms. The topological polar surface area (TPSA) is 84.4 Å². The van der Waals surface area contributed by atoms with Gasteiger partial charge in [-0.15, -0.1) is 12.4 Å². The lowest BCUT2D eigenvalue weighted by molar-refractivity contribution is 0.0424. The van der Waals surface area contributed by atoms with Gasteiger partial charge in [0.05, 0.1) is 22.4 Å². The maximum atomic E-state index is 12.7. The highest BCUT2D eigenvalue weighted by Gasteiger charge is 2.28. The number of benzene rings is 1. The van der Waals surface area contributed by atoms with E-state index >= 15 is 0 Å². The molecule has 2 atom stereocenters. The van der Waals surface area contributed by atoms with Crippen LogP contribution in [0.3, 0.4) is 0 Å². The molecule has 3 rings (SSSR count). The van der Waals surface area contributed by atoms with E-state index in [1.54, 1.807) is 46.2 Å². The van der Waals surface area contributed by atoms with Crippen molar-refractivity contribution in [3.63, 3.8) is 0 Å². The zero-order valence-electron chi connectivity index (χ0n) is 12.3. The number of aliphatic hydroxyl groups is 1. The molecule has 6 nitrogen and oxygen atoms in total.